The Morgan fingerprint density at radius 3 is 2.92 bits per heavy atom. The van der Waals surface area contributed by atoms with E-state index >= 15 is 0 Å². The van der Waals surface area contributed by atoms with Gasteiger partial charge < -0.3 is 14.6 Å². The minimum atomic E-state index is 0.589. The van der Waals surface area contributed by atoms with E-state index in [9.17, 15) is 0 Å². The molecule has 0 unspecified atom stereocenters. The molecule has 2 aromatic rings. The Hall–Kier alpha value is -1.56. The van der Waals surface area contributed by atoms with Crippen LogP contribution in [0.1, 0.15) is 38.3 Å². The van der Waals surface area contributed by atoms with Crippen molar-refractivity contribution in [1.29, 1.82) is 0 Å². The van der Waals surface area contributed by atoms with Crippen molar-refractivity contribution in [3.05, 3.63) is 34.7 Å². The average Bonchev–Trinajstić information content (AvgIpc) is 3.14. The van der Waals surface area contributed by atoms with Crippen molar-refractivity contribution in [3.63, 3.8) is 0 Å². The van der Waals surface area contributed by atoms with Gasteiger partial charge >= 0.3 is 0 Å². The van der Waals surface area contributed by atoms with E-state index in [-0.39, 0.29) is 0 Å². The second-order valence-corrected chi connectivity index (χ2v) is 7.96. The lowest BCUT2D eigenvalue weighted by atomic mass is 9.68. The molecule has 1 saturated heterocycles. The number of rotatable bonds is 3. The standard InChI is InChI=1S/C18H24BrN5/c1-2-20-17(23-9-8-18(13-23)6-3-7-18)21-10-15-12-24-11-14(19)4-5-16(24)22-15/h4-5,11-12H,2-3,6-10,13H2,1H3,(H,20,21). The van der Waals surface area contributed by atoms with Crippen LogP contribution in [0.2, 0.25) is 0 Å². The Morgan fingerprint density at radius 1 is 1.33 bits per heavy atom. The number of pyridine rings is 1. The van der Waals surface area contributed by atoms with Gasteiger partial charge in [-0.15, -0.1) is 0 Å². The molecule has 1 aliphatic carbocycles. The summed E-state index contributed by atoms with van der Waals surface area (Å²) in [7, 11) is 0. The number of guanidine groups is 1. The molecule has 24 heavy (non-hydrogen) atoms. The van der Waals surface area contributed by atoms with Gasteiger partial charge in [-0.2, -0.15) is 0 Å². The Morgan fingerprint density at radius 2 is 2.21 bits per heavy atom. The molecule has 1 spiro atoms. The van der Waals surface area contributed by atoms with Crippen molar-refractivity contribution >= 4 is 27.5 Å². The first kappa shape index (κ1) is 15.9. The second-order valence-electron chi connectivity index (χ2n) is 7.04. The monoisotopic (exact) mass is 389 g/mol. The summed E-state index contributed by atoms with van der Waals surface area (Å²) in [6.07, 6.45) is 9.60. The minimum absolute atomic E-state index is 0.589. The van der Waals surface area contributed by atoms with Gasteiger partial charge in [-0.3, -0.25) is 0 Å². The first-order valence-electron chi connectivity index (χ1n) is 8.84. The highest BCUT2D eigenvalue weighted by Crippen LogP contribution is 2.47. The quantitative estimate of drug-likeness (QED) is 0.645. The molecule has 6 heteroatoms. The lowest BCUT2D eigenvalue weighted by Gasteiger charge is -2.38. The number of hydrogen-bond acceptors (Lipinski definition) is 2. The van der Waals surface area contributed by atoms with Crippen molar-refractivity contribution in [2.24, 2.45) is 10.4 Å². The lowest BCUT2D eigenvalue weighted by molar-refractivity contribution is 0.151. The molecule has 2 fully saturated rings. The third kappa shape index (κ3) is 3.04. The van der Waals surface area contributed by atoms with Crippen LogP contribution in [-0.2, 0) is 6.54 Å². The van der Waals surface area contributed by atoms with Crippen LogP contribution in [0, 0.1) is 5.41 Å². The van der Waals surface area contributed by atoms with E-state index in [1.807, 2.05) is 22.7 Å². The molecule has 0 atom stereocenters. The summed E-state index contributed by atoms with van der Waals surface area (Å²) in [6, 6.07) is 4.03. The highest BCUT2D eigenvalue weighted by atomic mass is 79.9. The molecule has 5 nitrogen and oxygen atoms in total. The van der Waals surface area contributed by atoms with Crippen LogP contribution < -0.4 is 5.32 Å². The van der Waals surface area contributed by atoms with Crippen LogP contribution >= 0.6 is 15.9 Å². The zero-order valence-corrected chi connectivity index (χ0v) is 15.7. The van der Waals surface area contributed by atoms with Gasteiger partial charge in [-0.25, -0.2) is 9.98 Å². The van der Waals surface area contributed by atoms with Crippen molar-refractivity contribution in [2.45, 2.75) is 39.2 Å². The molecule has 0 radical (unpaired) electrons. The first-order valence-corrected chi connectivity index (χ1v) is 9.63. The molecule has 4 rings (SSSR count). The van der Waals surface area contributed by atoms with Crippen LogP contribution in [0.25, 0.3) is 5.65 Å². The highest BCUT2D eigenvalue weighted by Gasteiger charge is 2.43. The summed E-state index contributed by atoms with van der Waals surface area (Å²) < 4.78 is 3.10. The maximum Gasteiger partial charge on any atom is 0.194 e. The third-order valence-electron chi connectivity index (χ3n) is 5.34. The van der Waals surface area contributed by atoms with Gasteiger partial charge in [0, 0.05) is 36.5 Å². The number of likely N-dealkylation sites (tertiary alicyclic amines) is 1. The zero-order chi connectivity index (χ0) is 16.6. The molecule has 0 bridgehead atoms. The van der Waals surface area contributed by atoms with Gasteiger partial charge in [0.1, 0.15) is 5.65 Å². The Balaban J connectivity index is 1.50. The van der Waals surface area contributed by atoms with E-state index < -0.39 is 0 Å². The van der Waals surface area contributed by atoms with Gasteiger partial charge in [0.05, 0.1) is 12.2 Å². The topological polar surface area (TPSA) is 44.9 Å². The number of aliphatic imine (C=N–C) groups is 1. The minimum Gasteiger partial charge on any atom is -0.357 e. The fraction of sp³-hybridized carbons (Fsp3) is 0.556. The molecular weight excluding hydrogens is 366 g/mol. The maximum absolute atomic E-state index is 4.85. The summed E-state index contributed by atoms with van der Waals surface area (Å²) in [4.78, 5) is 11.9. The molecule has 3 heterocycles. The van der Waals surface area contributed by atoms with E-state index in [1.54, 1.807) is 0 Å². The van der Waals surface area contributed by atoms with E-state index in [1.165, 1.54) is 25.7 Å². The van der Waals surface area contributed by atoms with E-state index in [2.05, 4.69) is 44.3 Å². The lowest BCUT2D eigenvalue weighted by Crippen LogP contribution is -2.42. The summed E-state index contributed by atoms with van der Waals surface area (Å²) in [5.74, 6) is 1.04. The first-order chi connectivity index (χ1) is 11.7. The third-order valence-corrected chi connectivity index (χ3v) is 5.81. The molecule has 2 aliphatic rings. The maximum atomic E-state index is 4.85. The molecule has 2 aromatic heterocycles. The molecule has 128 valence electrons. The van der Waals surface area contributed by atoms with Gasteiger partial charge in [-0.05, 0) is 59.7 Å². The number of imidazole rings is 1. The zero-order valence-electron chi connectivity index (χ0n) is 14.1. The fourth-order valence-corrected chi connectivity index (χ4v) is 4.23. The number of nitrogens with zero attached hydrogens (tertiary/aromatic N) is 4. The summed E-state index contributed by atoms with van der Waals surface area (Å²) >= 11 is 3.50. The summed E-state index contributed by atoms with van der Waals surface area (Å²) in [6.45, 7) is 5.94. The van der Waals surface area contributed by atoms with Gasteiger partial charge in [0.15, 0.2) is 5.96 Å². The van der Waals surface area contributed by atoms with Crippen molar-refractivity contribution in [2.75, 3.05) is 19.6 Å². The van der Waals surface area contributed by atoms with E-state index in [4.69, 9.17) is 4.99 Å². The molecule has 1 aliphatic heterocycles. The Kier molecular flexibility index (Phi) is 4.24. The van der Waals surface area contributed by atoms with Crippen LogP contribution in [0.4, 0.5) is 0 Å². The van der Waals surface area contributed by atoms with Gasteiger partial charge in [0.25, 0.3) is 0 Å². The fourth-order valence-electron chi connectivity index (χ4n) is 3.88. The van der Waals surface area contributed by atoms with E-state index in [0.29, 0.717) is 12.0 Å². The molecule has 0 aromatic carbocycles. The van der Waals surface area contributed by atoms with Crippen LogP contribution in [0.15, 0.2) is 34.0 Å². The molecular formula is C18H24BrN5. The summed E-state index contributed by atoms with van der Waals surface area (Å²) in [5, 5.41) is 3.46. The number of hydrogen-bond donors (Lipinski definition) is 1. The normalized spacial score (nSPS) is 19.9. The number of aromatic nitrogens is 2. The Labute approximate surface area is 151 Å². The predicted molar refractivity (Wildman–Crippen MR) is 100 cm³/mol. The van der Waals surface area contributed by atoms with Gasteiger partial charge in [0.2, 0.25) is 0 Å². The van der Waals surface area contributed by atoms with Crippen LogP contribution in [0.5, 0.6) is 0 Å². The van der Waals surface area contributed by atoms with Crippen LogP contribution in [0.3, 0.4) is 0 Å². The SMILES string of the molecule is CCNC(=NCc1cn2cc(Br)ccc2n1)N1CCC2(CCC2)C1. The molecule has 0 amide bonds. The largest absolute Gasteiger partial charge is 0.357 e. The van der Waals surface area contributed by atoms with Crippen LogP contribution in [-0.4, -0.2) is 39.9 Å². The van der Waals surface area contributed by atoms with Crippen molar-refractivity contribution in [3.8, 4) is 0 Å². The van der Waals surface area contributed by atoms with Crippen molar-refractivity contribution < 1.29 is 0 Å². The smallest absolute Gasteiger partial charge is 0.194 e. The molecule has 1 N–H and O–H groups in total. The average molecular weight is 390 g/mol. The summed E-state index contributed by atoms with van der Waals surface area (Å²) in [5.41, 5.74) is 2.55. The predicted octanol–water partition coefficient (Wildman–Crippen LogP) is 3.44. The highest BCUT2D eigenvalue weighted by molar-refractivity contribution is 9.10. The number of nitrogens with one attached hydrogen (secondary N) is 1. The number of halogens is 1. The van der Waals surface area contributed by atoms with Crippen molar-refractivity contribution in [1.82, 2.24) is 19.6 Å². The van der Waals surface area contributed by atoms with E-state index in [0.717, 1.165) is 41.4 Å². The molecule has 1 saturated carbocycles. The second kappa shape index (κ2) is 6.39. The number of fused-ring (bicyclic) bond motifs is 1. The Bertz CT molecular complexity index is 762. The van der Waals surface area contributed by atoms with Gasteiger partial charge in [-0.1, -0.05) is 6.42 Å².